The van der Waals surface area contributed by atoms with Crippen molar-refractivity contribution in [1.29, 1.82) is 0 Å². The van der Waals surface area contributed by atoms with Gasteiger partial charge >= 0.3 is 6.09 Å². The lowest BCUT2D eigenvalue weighted by atomic mass is 9.98. The lowest BCUT2D eigenvalue weighted by Crippen LogP contribution is -2.39. The Hall–Kier alpha value is -1.84. The number of carbonyl (C=O) groups excluding carboxylic acids is 1. The molecule has 0 unspecified atom stereocenters. The number of aryl methyl sites for hydroxylation is 1. The Balaban J connectivity index is 1.96. The number of hydrogen-bond acceptors (Lipinski definition) is 3. The minimum Gasteiger partial charge on any atom is -0.444 e. The Bertz CT molecular complexity index is 558. The molecule has 0 saturated carbocycles. The summed E-state index contributed by atoms with van der Waals surface area (Å²) in [5, 5.41) is 0. The lowest BCUT2D eigenvalue weighted by molar-refractivity contribution is 0.0265. The summed E-state index contributed by atoms with van der Waals surface area (Å²) >= 11 is 0. The van der Waals surface area contributed by atoms with Crippen LogP contribution in [0.1, 0.15) is 45.4 Å². The van der Waals surface area contributed by atoms with Gasteiger partial charge in [0.25, 0.3) is 0 Å². The van der Waals surface area contributed by atoms with E-state index in [1.54, 1.807) is 4.90 Å². The normalized spacial score (nSPS) is 15.5. The lowest BCUT2D eigenvalue weighted by Gasteiger charge is -2.29. The molecule has 120 valence electrons. The van der Waals surface area contributed by atoms with Crippen LogP contribution in [0.15, 0.2) is 30.0 Å². The molecule has 1 aromatic heterocycles. The van der Waals surface area contributed by atoms with Crippen LogP contribution in [0.5, 0.6) is 0 Å². The predicted molar refractivity (Wildman–Crippen MR) is 87.8 cm³/mol. The first-order valence-electron chi connectivity index (χ1n) is 7.97. The fourth-order valence-electron chi connectivity index (χ4n) is 2.56. The van der Waals surface area contributed by atoms with E-state index in [2.05, 4.69) is 24.1 Å². The third-order valence-electron chi connectivity index (χ3n) is 3.69. The maximum absolute atomic E-state index is 12.0. The van der Waals surface area contributed by atoms with Gasteiger partial charge < -0.3 is 9.64 Å². The number of rotatable bonds is 3. The molecule has 0 fully saturated rings. The van der Waals surface area contributed by atoms with E-state index in [4.69, 9.17) is 4.74 Å². The smallest absolute Gasteiger partial charge is 0.410 e. The van der Waals surface area contributed by atoms with Gasteiger partial charge in [0.2, 0.25) is 0 Å². The monoisotopic (exact) mass is 302 g/mol. The summed E-state index contributed by atoms with van der Waals surface area (Å²) in [6.45, 7) is 9.17. The van der Waals surface area contributed by atoms with E-state index >= 15 is 0 Å². The quantitative estimate of drug-likeness (QED) is 0.799. The van der Waals surface area contributed by atoms with Gasteiger partial charge in [-0.1, -0.05) is 24.6 Å². The van der Waals surface area contributed by atoms with Crippen molar-refractivity contribution in [2.24, 2.45) is 0 Å². The first-order chi connectivity index (χ1) is 10.4. The molecule has 0 aliphatic carbocycles. The van der Waals surface area contributed by atoms with E-state index in [0.29, 0.717) is 6.54 Å². The third-order valence-corrected chi connectivity index (χ3v) is 3.69. The summed E-state index contributed by atoms with van der Waals surface area (Å²) in [6.07, 6.45) is 6.56. The van der Waals surface area contributed by atoms with E-state index in [1.165, 1.54) is 11.1 Å². The van der Waals surface area contributed by atoms with Gasteiger partial charge in [0, 0.05) is 25.0 Å². The molecule has 4 heteroatoms. The molecule has 0 bridgehead atoms. The highest BCUT2D eigenvalue weighted by Gasteiger charge is 2.23. The van der Waals surface area contributed by atoms with Crippen LogP contribution in [0.25, 0.3) is 0 Å². The predicted octanol–water partition coefficient (Wildman–Crippen LogP) is 3.75. The standard InChI is InChI=1S/C18H26N2O2/c1-5-16-15(7-6-10-19-16)13-14-8-11-20(12-9-14)17(21)22-18(2,3)4/h6-8,10H,5,9,11-13H2,1-4H3. The first-order valence-corrected chi connectivity index (χ1v) is 7.97. The van der Waals surface area contributed by atoms with Gasteiger partial charge in [0.05, 0.1) is 0 Å². The van der Waals surface area contributed by atoms with Crippen LogP contribution >= 0.6 is 0 Å². The molecule has 2 heterocycles. The molecule has 1 aliphatic rings. The van der Waals surface area contributed by atoms with Gasteiger partial charge in [-0.3, -0.25) is 4.98 Å². The molecule has 0 saturated heterocycles. The second-order valence-electron chi connectivity index (χ2n) is 6.68. The number of aromatic nitrogens is 1. The van der Waals surface area contributed by atoms with Gasteiger partial charge in [-0.2, -0.15) is 0 Å². The van der Waals surface area contributed by atoms with Gasteiger partial charge in [0.1, 0.15) is 5.60 Å². The highest BCUT2D eigenvalue weighted by Crippen LogP contribution is 2.20. The van der Waals surface area contributed by atoms with Crippen LogP contribution in [0.4, 0.5) is 4.79 Å². The topological polar surface area (TPSA) is 42.4 Å². The van der Waals surface area contributed by atoms with Crippen molar-refractivity contribution in [2.45, 2.75) is 52.6 Å². The summed E-state index contributed by atoms with van der Waals surface area (Å²) in [5.74, 6) is 0. The SMILES string of the molecule is CCc1ncccc1CC1=CCN(C(=O)OC(C)(C)C)CC1. The van der Waals surface area contributed by atoms with Gasteiger partial charge in [0.15, 0.2) is 0 Å². The Labute approximate surface area is 133 Å². The van der Waals surface area contributed by atoms with E-state index in [9.17, 15) is 4.79 Å². The molecule has 1 aromatic rings. The van der Waals surface area contributed by atoms with E-state index in [-0.39, 0.29) is 6.09 Å². The van der Waals surface area contributed by atoms with Crippen molar-refractivity contribution in [3.05, 3.63) is 41.2 Å². The number of carbonyl (C=O) groups is 1. The van der Waals surface area contributed by atoms with Gasteiger partial charge in [-0.25, -0.2) is 4.79 Å². The Kier molecular flexibility index (Phi) is 5.22. The molecule has 1 amide bonds. The van der Waals surface area contributed by atoms with Crippen LogP contribution in [-0.2, 0) is 17.6 Å². The average Bonchev–Trinajstić information content (AvgIpc) is 2.47. The highest BCUT2D eigenvalue weighted by molar-refractivity contribution is 5.68. The van der Waals surface area contributed by atoms with Crippen molar-refractivity contribution < 1.29 is 9.53 Å². The van der Waals surface area contributed by atoms with Crippen molar-refractivity contribution in [1.82, 2.24) is 9.88 Å². The van der Waals surface area contributed by atoms with Crippen molar-refractivity contribution in [2.75, 3.05) is 13.1 Å². The van der Waals surface area contributed by atoms with Crippen molar-refractivity contribution in [3.8, 4) is 0 Å². The minimum atomic E-state index is -0.438. The summed E-state index contributed by atoms with van der Waals surface area (Å²) in [5.41, 5.74) is 3.40. The Morgan fingerprint density at radius 2 is 2.18 bits per heavy atom. The maximum atomic E-state index is 12.0. The van der Waals surface area contributed by atoms with Crippen LogP contribution < -0.4 is 0 Å². The molecular formula is C18H26N2O2. The Morgan fingerprint density at radius 1 is 1.41 bits per heavy atom. The molecule has 22 heavy (non-hydrogen) atoms. The summed E-state index contributed by atoms with van der Waals surface area (Å²) < 4.78 is 5.41. The number of hydrogen-bond donors (Lipinski definition) is 0. The number of ether oxygens (including phenoxy) is 1. The fraction of sp³-hybridized carbons (Fsp3) is 0.556. The molecule has 0 N–H and O–H groups in total. The van der Waals surface area contributed by atoms with Crippen LogP contribution in [0, 0.1) is 0 Å². The van der Waals surface area contributed by atoms with Crippen LogP contribution in [-0.4, -0.2) is 34.7 Å². The summed E-state index contributed by atoms with van der Waals surface area (Å²) in [4.78, 5) is 18.2. The van der Waals surface area contributed by atoms with E-state index in [1.807, 2.05) is 33.0 Å². The summed E-state index contributed by atoms with van der Waals surface area (Å²) in [7, 11) is 0. The average molecular weight is 302 g/mol. The molecule has 2 rings (SSSR count). The fourth-order valence-corrected chi connectivity index (χ4v) is 2.56. The second kappa shape index (κ2) is 6.95. The Morgan fingerprint density at radius 3 is 2.77 bits per heavy atom. The minimum absolute atomic E-state index is 0.224. The van der Waals surface area contributed by atoms with Crippen molar-refractivity contribution in [3.63, 3.8) is 0 Å². The molecule has 0 radical (unpaired) electrons. The maximum Gasteiger partial charge on any atom is 0.410 e. The second-order valence-corrected chi connectivity index (χ2v) is 6.68. The molecule has 1 aliphatic heterocycles. The van der Waals surface area contributed by atoms with Crippen LogP contribution in [0.3, 0.4) is 0 Å². The zero-order chi connectivity index (χ0) is 16.2. The molecule has 0 spiro atoms. The van der Waals surface area contributed by atoms with Gasteiger partial charge in [-0.15, -0.1) is 0 Å². The van der Waals surface area contributed by atoms with E-state index < -0.39 is 5.60 Å². The van der Waals surface area contributed by atoms with Crippen molar-refractivity contribution >= 4 is 6.09 Å². The summed E-state index contributed by atoms with van der Waals surface area (Å²) in [6, 6.07) is 4.14. The largest absolute Gasteiger partial charge is 0.444 e. The zero-order valence-electron chi connectivity index (χ0n) is 14.1. The number of nitrogens with zero attached hydrogens (tertiary/aromatic N) is 2. The van der Waals surface area contributed by atoms with E-state index in [0.717, 1.165) is 31.5 Å². The number of pyridine rings is 1. The third kappa shape index (κ3) is 4.58. The number of amides is 1. The van der Waals surface area contributed by atoms with Crippen LogP contribution in [0.2, 0.25) is 0 Å². The molecule has 4 nitrogen and oxygen atoms in total. The zero-order valence-corrected chi connectivity index (χ0v) is 14.1. The molecular weight excluding hydrogens is 276 g/mol. The highest BCUT2D eigenvalue weighted by atomic mass is 16.6. The molecule has 0 atom stereocenters. The first kappa shape index (κ1) is 16.5. The molecule has 0 aromatic carbocycles. The van der Waals surface area contributed by atoms with Gasteiger partial charge in [-0.05, 0) is 51.7 Å².